The summed E-state index contributed by atoms with van der Waals surface area (Å²) in [6, 6.07) is 11.9. The Hall–Kier alpha value is -3.20. The molecule has 0 atom stereocenters. The number of thioether (sulfide) groups is 1. The fourth-order valence-electron chi connectivity index (χ4n) is 3.05. The predicted molar refractivity (Wildman–Crippen MR) is 106 cm³/mol. The lowest BCUT2D eigenvalue weighted by molar-refractivity contribution is 0.509. The van der Waals surface area contributed by atoms with Crippen molar-refractivity contribution in [1.29, 1.82) is 5.41 Å². The van der Waals surface area contributed by atoms with Crippen molar-refractivity contribution in [3.8, 4) is 0 Å². The molecule has 0 radical (unpaired) electrons. The molecule has 0 aromatic heterocycles. The first kappa shape index (κ1) is 18.2. The molecule has 2 aromatic carbocycles. The predicted octanol–water partition coefficient (Wildman–Crippen LogP) is 4.25. The average Bonchev–Trinajstić information content (AvgIpc) is 3.25. The van der Waals surface area contributed by atoms with Gasteiger partial charge < -0.3 is 4.90 Å². The highest BCUT2D eigenvalue weighted by Crippen LogP contribution is 2.32. The topological polar surface area (TPSA) is 75.9 Å². The number of hydrazine groups is 1. The van der Waals surface area contributed by atoms with Gasteiger partial charge in [-0.25, -0.2) is 14.3 Å². The molecule has 4 rings (SSSR count). The van der Waals surface area contributed by atoms with Gasteiger partial charge in [-0.15, -0.1) is 16.9 Å². The SMILES string of the molecule is CSc1ccc(C2=CC(=C3N=NNN3)C(=N)N(c3cccc(F)c3F)C2)cc1. The van der Waals surface area contributed by atoms with Crippen LogP contribution in [0.25, 0.3) is 5.57 Å². The number of amidine groups is 1. The number of nitrogens with one attached hydrogen (secondary N) is 3. The molecule has 0 fully saturated rings. The maximum absolute atomic E-state index is 14.5. The first-order valence-corrected chi connectivity index (χ1v) is 9.62. The Morgan fingerprint density at radius 1 is 1.14 bits per heavy atom. The van der Waals surface area contributed by atoms with Crippen LogP contribution in [0.3, 0.4) is 0 Å². The molecule has 0 aliphatic carbocycles. The lowest BCUT2D eigenvalue weighted by Gasteiger charge is -2.31. The zero-order chi connectivity index (χ0) is 19.7. The van der Waals surface area contributed by atoms with E-state index in [4.69, 9.17) is 5.41 Å². The van der Waals surface area contributed by atoms with E-state index in [2.05, 4.69) is 21.3 Å². The van der Waals surface area contributed by atoms with Gasteiger partial charge in [-0.3, -0.25) is 10.8 Å². The summed E-state index contributed by atoms with van der Waals surface area (Å²) in [7, 11) is 0. The van der Waals surface area contributed by atoms with Crippen molar-refractivity contribution in [3.63, 3.8) is 0 Å². The van der Waals surface area contributed by atoms with Crippen molar-refractivity contribution < 1.29 is 8.78 Å². The monoisotopic (exact) mass is 398 g/mol. The summed E-state index contributed by atoms with van der Waals surface area (Å²) < 4.78 is 28.3. The molecule has 0 unspecified atom stereocenters. The van der Waals surface area contributed by atoms with Crippen molar-refractivity contribution in [2.24, 2.45) is 10.3 Å². The maximum atomic E-state index is 14.5. The third kappa shape index (κ3) is 3.24. The van der Waals surface area contributed by atoms with E-state index in [0.29, 0.717) is 11.4 Å². The molecular formula is C19H16F2N6S. The molecular weight excluding hydrogens is 382 g/mol. The lowest BCUT2D eigenvalue weighted by atomic mass is 9.97. The Morgan fingerprint density at radius 3 is 2.61 bits per heavy atom. The van der Waals surface area contributed by atoms with E-state index in [1.54, 1.807) is 11.8 Å². The van der Waals surface area contributed by atoms with Crippen molar-refractivity contribution >= 4 is 28.9 Å². The third-order valence-corrected chi connectivity index (χ3v) is 5.23. The van der Waals surface area contributed by atoms with Crippen LogP contribution < -0.4 is 15.9 Å². The highest BCUT2D eigenvalue weighted by Gasteiger charge is 2.29. The van der Waals surface area contributed by atoms with Gasteiger partial charge in [0.2, 0.25) is 0 Å². The molecule has 2 aromatic rings. The summed E-state index contributed by atoms with van der Waals surface area (Å²) in [4.78, 5) is 2.55. The molecule has 2 aliphatic rings. The molecule has 3 N–H and O–H groups in total. The maximum Gasteiger partial charge on any atom is 0.182 e. The summed E-state index contributed by atoms with van der Waals surface area (Å²) in [5.74, 6) is -1.61. The van der Waals surface area contributed by atoms with Gasteiger partial charge in [0.25, 0.3) is 0 Å². The van der Waals surface area contributed by atoms with Gasteiger partial charge in [-0.2, -0.15) is 0 Å². The van der Waals surface area contributed by atoms with Crippen LogP contribution in [0, 0.1) is 17.0 Å². The van der Waals surface area contributed by atoms with Crippen LogP contribution in [0.4, 0.5) is 14.5 Å². The van der Waals surface area contributed by atoms with E-state index in [1.165, 1.54) is 17.0 Å². The summed E-state index contributed by atoms with van der Waals surface area (Å²) in [5, 5.41) is 16.1. The number of hydrogen-bond acceptors (Lipinski definition) is 6. The van der Waals surface area contributed by atoms with Gasteiger partial charge in [0.05, 0.1) is 17.8 Å². The molecule has 0 bridgehead atoms. The standard InChI is InChI=1S/C19H16F2N6S/c1-28-13-7-5-11(6-8-13)12-9-14(19-23-25-26-24-19)18(22)27(10-12)16-4-2-3-15(20)17(16)21/h2-9,22H,10H2,1H3,(H,23,26)(H,24,25). The van der Waals surface area contributed by atoms with Crippen molar-refractivity contribution in [1.82, 2.24) is 11.0 Å². The zero-order valence-corrected chi connectivity index (χ0v) is 15.6. The van der Waals surface area contributed by atoms with Crippen LogP contribution in [-0.4, -0.2) is 18.6 Å². The second-order valence-electron chi connectivity index (χ2n) is 6.10. The number of halogens is 2. The number of anilines is 1. The van der Waals surface area contributed by atoms with E-state index in [0.717, 1.165) is 22.1 Å². The van der Waals surface area contributed by atoms with Gasteiger partial charge in [-0.1, -0.05) is 23.4 Å². The minimum Gasteiger partial charge on any atom is -0.319 e. The van der Waals surface area contributed by atoms with Crippen LogP contribution in [0.5, 0.6) is 0 Å². The average molecular weight is 398 g/mol. The summed E-state index contributed by atoms with van der Waals surface area (Å²) in [6.45, 7) is 0.221. The molecule has 0 spiro atoms. The number of benzene rings is 2. The number of nitrogens with zero attached hydrogens (tertiary/aromatic N) is 3. The van der Waals surface area contributed by atoms with Crippen LogP contribution in [0.2, 0.25) is 0 Å². The van der Waals surface area contributed by atoms with Gasteiger partial charge in [0.1, 0.15) is 5.84 Å². The molecule has 0 saturated carbocycles. The Balaban J connectivity index is 1.82. The summed E-state index contributed by atoms with van der Waals surface area (Å²) >= 11 is 1.64. The van der Waals surface area contributed by atoms with E-state index in [1.807, 2.05) is 36.6 Å². The number of hydrogen-bond donors (Lipinski definition) is 3. The highest BCUT2D eigenvalue weighted by atomic mass is 32.2. The fraction of sp³-hybridized carbons (Fsp3) is 0.105. The molecule has 142 valence electrons. The highest BCUT2D eigenvalue weighted by molar-refractivity contribution is 7.98. The quantitative estimate of drug-likeness (QED) is 0.676. The second kappa shape index (κ2) is 7.43. The van der Waals surface area contributed by atoms with Crippen LogP contribution >= 0.6 is 11.8 Å². The van der Waals surface area contributed by atoms with E-state index in [-0.39, 0.29) is 18.1 Å². The smallest absolute Gasteiger partial charge is 0.182 e. The minimum absolute atomic E-state index is 0.000802. The van der Waals surface area contributed by atoms with Gasteiger partial charge in [0, 0.05) is 4.90 Å². The Labute approximate surface area is 164 Å². The molecule has 0 saturated heterocycles. The largest absolute Gasteiger partial charge is 0.319 e. The molecule has 2 heterocycles. The second-order valence-corrected chi connectivity index (χ2v) is 6.98. The summed E-state index contributed by atoms with van der Waals surface area (Å²) in [6.07, 6.45) is 3.81. The number of rotatable bonds is 3. The first-order valence-electron chi connectivity index (χ1n) is 8.40. The van der Waals surface area contributed by atoms with E-state index < -0.39 is 11.6 Å². The van der Waals surface area contributed by atoms with E-state index in [9.17, 15) is 8.78 Å². The molecule has 2 aliphatic heterocycles. The molecule has 6 nitrogen and oxygen atoms in total. The van der Waals surface area contributed by atoms with E-state index >= 15 is 0 Å². The molecule has 0 amide bonds. The van der Waals surface area contributed by atoms with Gasteiger partial charge >= 0.3 is 0 Å². The Morgan fingerprint density at radius 2 is 1.93 bits per heavy atom. The first-order chi connectivity index (χ1) is 13.6. The van der Waals surface area contributed by atoms with Crippen molar-refractivity contribution in [2.45, 2.75) is 4.90 Å². The Bertz CT molecular complexity index is 1030. The van der Waals surface area contributed by atoms with Gasteiger partial charge in [-0.05, 0) is 47.7 Å². The van der Waals surface area contributed by atoms with Crippen LogP contribution in [0.1, 0.15) is 5.56 Å². The van der Waals surface area contributed by atoms with Crippen molar-refractivity contribution in [2.75, 3.05) is 17.7 Å². The zero-order valence-electron chi connectivity index (χ0n) is 14.8. The third-order valence-electron chi connectivity index (χ3n) is 4.48. The minimum atomic E-state index is -0.991. The van der Waals surface area contributed by atoms with Crippen molar-refractivity contribution in [3.05, 3.63) is 77.1 Å². The Kier molecular flexibility index (Phi) is 4.82. The summed E-state index contributed by atoms with van der Waals surface area (Å²) in [5.41, 5.74) is 7.45. The fourth-order valence-corrected chi connectivity index (χ4v) is 3.46. The lowest BCUT2D eigenvalue weighted by Crippen LogP contribution is -2.38. The van der Waals surface area contributed by atoms with Gasteiger partial charge in [0.15, 0.2) is 17.5 Å². The molecule has 9 heteroatoms. The van der Waals surface area contributed by atoms with Crippen LogP contribution in [-0.2, 0) is 0 Å². The van der Waals surface area contributed by atoms with Crippen LogP contribution in [0.15, 0.2) is 75.2 Å². The normalized spacial score (nSPS) is 18.8. The molecule has 28 heavy (non-hydrogen) atoms.